The fourth-order valence-corrected chi connectivity index (χ4v) is 4.68. The van der Waals surface area contributed by atoms with Crippen LogP contribution in [0.4, 0.5) is 5.95 Å². The Balaban J connectivity index is 1.51. The van der Waals surface area contributed by atoms with Crippen molar-refractivity contribution in [3.05, 3.63) is 60.5 Å². The third kappa shape index (κ3) is 3.35. The monoisotopic (exact) mass is 395 g/mol. The molecule has 0 spiro atoms. The van der Waals surface area contributed by atoms with Crippen LogP contribution in [0.15, 0.2) is 64.2 Å². The summed E-state index contributed by atoms with van der Waals surface area (Å²) in [5.41, 5.74) is 0.826. The molecule has 4 rings (SSSR count). The van der Waals surface area contributed by atoms with E-state index in [0.717, 1.165) is 0 Å². The highest BCUT2D eigenvalue weighted by molar-refractivity contribution is 7.89. The van der Waals surface area contributed by atoms with Crippen LogP contribution < -0.4 is 4.90 Å². The van der Waals surface area contributed by atoms with Crippen LogP contribution in [0.1, 0.15) is 5.56 Å². The number of hydrogen-bond donors (Lipinski definition) is 0. The summed E-state index contributed by atoms with van der Waals surface area (Å²) in [6, 6.07) is 13.6. The number of anilines is 1. The fourth-order valence-electron chi connectivity index (χ4n) is 3.11. The van der Waals surface area contributed by atoms with Gasteiger partial charge in [-0.05, 0) is 30.3 Å². The third-order valence-electron chi connectivity index (χ3n) is 4.56. The van der Waals surface area contributed by atoms with Crippen molar-refractivity contribution >= 4 is 16.0 Å². The van der Waals surface area contributed by atoms with Crippen LogP contribution >= 0.6 is 0 Å². The molecule has 0 bridgehead atoms. The van der Waals surface area contributed by atoms with Crippen LogP contribution in [0, 0.1) is 11.3 Å². The zero-order valence-electron chi connectivity index (χ0n) is 14.9. The van der Waals surface area contributed by atoms with Gasteiger partial charge in [0.1, 0.15) is 11.8 Å². The predicted molar refractivity (Wildman–Crippen MR) is 102 cm³/mol. The Morgan fingerprint density at radius 2 is 1.82 bits per heavy atom. The highest BCUT2D eigenvalue weighted by Gasteiger charge is 2.31. The average molecular weight is 395 g/mol. The molecule has 1 aromatic carbocycles. The van der Waals surface area contributed by atoms with Gasteiger partial charge in [0.15, 0.2) is 5.76 Å². The van der Waals surface area contributed by atoms with Crippen LogP contribution in [-0.4, -0.2) is 48.9 Å². The number of furan rings is 1. The van der Waals surface area contributed by atoms with Crippen molar-refractivity contribution in [1.29, 1.82) is 5.26 Å². The number of rotatable bonds is 4. The highest BCUT2D eigenvalue weighted by Crippen LogP contribution is 2.23. The van der Waals surface area contributed by atoms with E-state index in [1.807, 2.05) is 17.0 Å². The molecule has 8 nitrogen and oxygen atoms in total. The van der Waals surface area contributed by atoms with Crippen molar-refractivity contribution in [3.8, 4) is 17.5 Å². The van der Waals surface area contributed by atoms with Gasteiger partial charge in [-0.2, -0.15) is 9.57 Å². The number of nitriles is 1. The van der Waals surface area contributed by atoms with Gasteiger partial charge < -0.3 is 9.32 Å². The van der Waals surface area contributed by atoms with E-state index in [4.69, 9.17) is 4.42 Å². The van der Waals surface area contributed by atoms with Gasteiger partial charge in [-0.25, -0.2) is 18.4 Å². The van der Waals surface area contributed by atoms with E-state index in [1.54, 1.807) is 36.7 Å². The Morgan fingerprint density at radius 3 is 2.54 bits per heavy atom. The molecule has 3 heterocycles. The zero-order valence-corrected chi connectivity index (χ0v) is 15.7. The molecule has 0 amide bonds. The topological polar surface area (TPSA) is 103 Å². The first-order valence-corrected chi connectivity index (χ1v) is 10.1. The lowest BCUT2D eigenvalue weighted by atomic mass is 10.2. The maximum Gasteiger partial charge on any atom is 0.244 e. The standard InChI is InChI=1S/C19H17N5O3S/c20-14-15-4-1-2-6-18(15)28(25,26)24-11-9-23(10-12-24)19-21-8-7-16(22-19)17-5-3-13-27-17/h1-8,13H,9-12H2. The molecule has 142 valence electrons. The minimum absolute atomic E-state index is 0.0435. The summed E-state index contributed by atoms with van der Waals surface area (Å²) < 4.78 is 32.6. The second-order valence-electron chi connectivity index (χ2n) is 6.22. The van der Waals surface area contributed by atoms with E-state index < -0.39 is 10.0 Å². The lowest BCUT2D eigenvalue weighted by Crippen LogP contribution is -2.49. The number of aromatic nitrogens is 2. The molecule has 1 fully saturated rings. The van der Waals surface area contributed by atoms with E-state index >= 15 is 0 Å². The molecule has 0 N–H and O–H groups in total. The number of sulfonamides is 1. The van der Waals surface area contributed by atoms with Gasteiger partial charge in [0.2, 0.25) is 16.0 Å². The summed E-state index contributed by atoms with van der Waals surface area (Å²) in [4.78, 5) is 10.8. The number of nitrogens with zero attached hydrogens (tertiary/aromatic N) is 5. The first-order chi connectivity index (χ1) is 13.6. The lowest BCUT2D eigenvalue weighted by molar-refractivity contribution is 0.382. The molecule has 0 atom stereocenters. The van der Waals surface area contributed by atoms with Gasteiger partial charge in [0, 0.05) is 32.4 Å². The summed E-state index contributed by atoms with van der Waals surface area (Å²) >= 11 is 0. The first-order valence-electron chi connectivity index (χ1n) is 8.71. The van der Waals surface area contributed by atoms with Crippen LogP contribution in [0.2, 0.25) is 0 Å². The van der Waals surface area contributed by atoms with Crippen LogP contribution in [-0.2, 0) is 10.0 Å². The van der Waals surface area contributed by atoms with Gasteiger partial charge in [0.05, 0.1) is 16.7 Å². The molecular weight excluding hydrogens is 378 g/mol. The maximum absolute atomic E-state index is 12.9. The quantitative estimate of drug-likeness (QED) is 0.666. The first kappa shape index (κ1) is 18.2. The molecule has 0 saturated carbocycles. The van der Waals surface area contributed by atoms with Gasteiger partial charge in [-0.15, -0.1) is 0 Å². The maximum atomic E-state index is 12.9. The largest absolute Gasteiger partial charge is 0.463 e. The van der Waals surface area contributed by atoms with E-state index in [2.05, 4.69) is 9.97 Å². The van der Waals surface area contributed by atoms with Crippen molar-refractivity contribution in [3.63, 3.8) is 0 Å². The van der Waals surface area contributed by atoms with Gasteiger partial charge in [-0.3, -0.25) is 0 Å². The summed E-state index contributed by atoms with van der Waals surface area (Å²) in [5, 5.41) is 9.21. The van der Waals surface area contributed by atoms with Gasteiger partial charge in [0.25, 0.3) is 0 Å². The fraction of sp³-hybridized carbons (Fsp3) is 0.211. The molecule has 28 heavy (non-hydrogen) atoms. The van der Waals surface area contributed by atoms with Gasteiger partial charge in [-0.1, -0.05) is 12.1 Å². The summed E-state index contributed by atoms with van der Waals surface area (Å²) in [5.74, 6) is 1.18. The number of piperazine rings is 1. The SMILES string of the molecule is N#Cc1ccccc1S(=O)(=O)N1CCN(c2nccc(-c3ccco3)n2)CC1. The zero-order chi connectivity index (χ0) is 19.6. The van der Waals surface area contributed by atoms with E-state index in [-0.39, 0.29) is 23.5 Å². The normalized spacial score (nSPS) is 15.3. The van der Waals surface area contributed by atoms with Crippen molar-refractivity contribution in [1.82, 2.24) is 14.3 Å². The summed E-state index contributed by atoms with van der Waals surface area (Å²) in [6.45, 7) is 1.48. The molecule has 0 radical (unpaired) electrons. The van der Waals surface area contributed by atoms with Crippen LogP contribution in [0.5, 0.6) is 0 Å². The third-order valence-corrected chi connectivity index (χ3v) is 6.52. The Hall–Kier alpha value is -3.22. The van der Waals surface area contributed by atoms with E-state index in [9.17, 15) is 13.7 Å². The molecule has 0 aliphatic carbocycles. The minimum atomic E-state index is -3.73. The highest BCUT2D eigenvalue weighted by atomic mass is 32.2. The molecular formula is C19H17N5O3S. The molecule has 2 aromatic heterocycles. The Bertz CT molecular complexity index is 1110. The predicted octanol–water partition coefficient (Wildman–Crippen LogP) is 2.12. The number of benzene rings is 1. The second-order valence-corrected chi connectivity index (χ2v) is 8.12. The second kappa shape index (κ2) is 7.42. The van der Waals surface area contributed by atoms with Crippen LogP contribution in [0.3, 0.4) is 0 Å². The average Bonchev–Trinajstić information content (AvgIpc) is 3.29. The smallest absolute Gasteiger partial charge is 0.244 e. The van der Waals surface area contributed by atoms with Crippen molar-refractivity contribution in [2.75, 3.05) is 31.1 Å². The minimum Gasteiger partial charge on any atom is -0.463 e. The molecule has 1 aliphatic heterocycles. The molecule has 1 aliphatic rings. The lowest BCUT2D eigenvalue weighted by Gasteiger charge is -2.34. The molecule has 9 heteroatoms. The molecule has 1 saturated heterocycles. The van der Waals surface area contributed by atoms with Crippen molar-refractivity contribution in [2.24, 2.45) is 0 Å². The van der Waals surface area contributed by atoms with Crippen molar-refractivity contribution in [2.45, 2.75) is 4.90 Å². The van der Waals surface area contributed by atoms with E-state index in [1.165, 1.54) is 16.4 Å². The van der Waals surface area contributed by atoms with Crippen molar-refractivity contribution < 1.29 is 12.8 Å². The Kier molecular flexibility index (Phi) is 4.81. The molecule has 0 unspecified atom stereocenters. The molecule has 3 aromatic rings. The van der Waals surface area contributed by atoms with E-state index in [0.29, 0.717) is 30.5 Å². The van der Waals surface area contributed by atoms with Gasteiger partial charge >= 0.3 is 0 Å². The Morgan fingerprint density at radius 1 is 1.04 bits per heavy atom. The van der Waals surface area contributed by atoms with Crippen LogP contribution in [0.25, 0.3) is 11.5 Å². The number of hydrogen-bond acceptors (Lipinski definition) is 7. The summed E-state index contributed by atoms with van der Waals surface area (Å²) in [6.07, 6.45) is 3.24. The Labute approximate surface area is 162 Å². The summed E-state index contributed by atoms with van der Waals surface area (Å²) in [7, 11) is -3.73.